The SMILES string of the molecule is COc1ccccc1Oc1cccc2cc(C)ccc12. The molecule has 3 aromatic rings. The van der Waals surface area contributed by atoms with Gasteiger partial charge in [-0.25, -0.2) is 0 Å². The minimum atomic E-state index is 0.725. The number of para-hydroxylation sites is 2. The molecule has 3 aromatic carbocycles. The van der Waals surface area contributed by atoms with Crippen LogP contribution in [0, 0.1) is 6.92 Å². The zero-order valence-corrected chi connectivity index (χ0v) is 11.6. The van der Waals surface area contributed by atoms with Crippen LogP contribution in [0.5, 0.6) is 17.2 Å². The third-order valence-corrected chi connectivity index (χ3v) is 3.28. The van der Waals surface area contributed by atoms with Gasteiger partial charge in [0.25, 0.3) is 0 Å². The van der Waals surface area contributed by atoms with Gasteiger partial charge in [0.1, 0.15) is 5.75 Å². The van der Waals surface area contributed by atoms with Gasteiger partial charge in [-0.1, -0.05) is 48.0 Å². The minimum Gasteiger partial charge on any atom is -0.493 e. The third kappa shape index (κ3) is 2.32. The molecule has 2 nitrogen and oxygen atoms in total. The molecule has 0 heterocycles. The second kappa shape index (κ2) is 5.25. The smallest absolute Gasteiger partial charge is 0.169 e. The Labute approximate surface area is 118 Å². The van der Waals surface area contributed by atoms with Crippen LogP contribution in [-0.4, -0.2) is 7.11 Å². The van der Waals surface area contributed by atoms with E-state index < -0.39 is 0 Å². The van der Waals surface area contributed by atoms with E-state index in [4.69, 9.17) is 9.47 Å². The second-order valence-electron chi connectivity index (χ2n) is 4.73. The number of hydrogen-bond acceptors (Lipinski definition) is 2. The lowest BCUT2D eigenvalue weighted by molar-refractivity contribution is 0.380. The Morgan fingerprint density at radius 3 is 2.30 bits per heavy atom. The molecule has 0 N–H and O–H groups in total. The molecule has 0 aliphatic carbocycles. The normalized spacial score (nSPS) is 10.5. The van der Waals surface area contributed by atoms with Crippen molar-refractivity contribution in [1.29, 1.82) is 0 Å². The second-order valence-corrected chi connectivity index (χ2v) is 4.73. The first kappa shape index (κ1) is 12.5. The van der Waals surface area contributed by atoms with Crippen molar-refractivity contribution in [1.82, 2.24) is 0 Å². The van der Waals surface area contributed by atoms with Crippen molar-refractivity contribution >= 4 is 10.8 Å². The molecule has 100 valence electrons. The molecule has 2 heteroatoms. The van der Waals surface area contributed by atoms with Crippen molar-refractivity contribution in [3.8, 4) is 17.2 Å². The maximum atomic E-state index is 6.03. The van der Waals surface area contributed by atoms with Crippen molar-refractivity contribution in [2.75, 3.05) is 7.11 Å². The van der Waals surface area contributed by atoms with Crippen LogP contribution >= 0.6 is 0 Å². The first-order valence-corrected chi connectivity index (χ1v) is 6.58. The predicted octanol–water partition coefficient (Wildman–Crippen LogP) is 4.95. The van der Waals surface area contributed by atoms with E-state index in [1.165, 1.54) is 10.9 Å². The molecule has 0 spiro atoms. The van der Waals surface area contributed by atoms with Crippen LogP contribution in [0.4, 0.5) is 0 Å². The fourth-order valence-corrected chi connectivity index (χ4v) is 2.28. The molecular weight excluding hydrogens is 248 g/mol. The van der Waals surface area contributed by atoms with E-state index in [0.29, 0.717) is 0 Å². The summed E-state index contributed by atoms with van der Waals surface area (Å²) >= 11 is 0. The lowest BCUT2D eigenvalue weighted by Crippen LogP contribution is -1.90. The number of methoxy groups -OCH3 is 1. The summed E-state index contributed by atoms with van der Waals surface area (Å²) in [6.45, 7) is 2.09. The van der Waals surface area contributed by atoms with Gasteiger partial charge in [0, 0.05) is 5.39 Å². The van der Waals surface area contributed by atoms with Crippen molar-refractivity contribution in [3.63, 3.8) is 0 Å². The summed E-state index contributed by atoms with van der Waals surface area (Å²) in [4.78, 5) is 0. The molecule has 3 rings (SSSR count). The van der Waals surface area contributed by atoms with Gasteiger partial charge in [0.15, 0.2) is 11.5 Å². The van der Waals surface area contributed by atoms with Crippen LogP contribution in [0.15, 0.2) is 60.7 Å². The first-order valence-electron chi connectivity index (χ1n) is 6.58. The highest BCUT2D eigenvalue weighted by molar-refractivity contribution is 5.89. The van der Waals surface area contributed by atoms with Crippen LogP contribution in [-0.2, 0) is 0 Å². The quantitative estimate of drug-likeness (QED) is 0.666. The summed E-state index contributed by atoms with van der Waals surface area (Å²) in [6, 6.07) is 20.1. The molecule has 0 saturated heterocycles. The summed E-state index contributed by atoms with van der Waals surface area (Å²) in [7, 11) is 1.65. The number of aryl methyl sites for hydroxylation is 1. The largest absolute Gasteiger partial charge is 0.493 e. The molecular formula is C18H16O2. The Bertz CT molecular complexity index is 747. The molecule has 0 atom stereocenters. The fraction of sp³-hybridized carbons (Fsp3) is 0.111. The van der Waals surface area contributed by atoms with Crippen LogP contribution < -0.4 is 9.47 Å². The summed E-state index contributed by atoms with van der Waals surface area (Å²) in [5.41, 5.74) is 1.24. The Morgan fingerprint density at radius 2 is 1.50 bits per heavy atom. The minimum absolute atomic E-state index is 0.725. The van der Waals surface area contributed by atoms with Crippen LogP contribution in [0.2, 0.25) is 0 Å². The van der Waals surface area contributed by atoms with Gasteiger partial charge >= 0.3 is 0 Å². The number of hydrogen-bond donors (Lipinski definition) is 0. The van der Waals surface area contributed by atoms with E-state index in [9.17, 15) is 0 Å². The lowest BCUT2D eigenvalue weighted by atomic mass is 10.1. The summed E-state index contributed by atoms with van der Waals surface area (Å²) in [5.74, 6) is 2.30. The highest BCUT2D eigenvalue weighted by atomic mass is 16.5. The number of fused-ring (bicyclic) bond motifs is 1. The Hall–Kier alpha value is -2.48. The van der Waals surface area contributed by atoms with Gasteiger partial charge in [0.05, 0.1) is 7.11 Å². The maximum absolute atomic E-state index is 6.03. The van der Waals surface area contributed by atoms with Crippen LogP contribution in [0.25, 0.3) is 10.8 Å². The van der Waals surface area contributed by atoms with E-state index in [1.807, 2.05) is 36.4 Å². The average molecular weight is 264 g/mol. The molecule has 0 unspecified atom stereocenters. The summed E-state index contributed by atoms with van der Waals surface area (Å²) in [6.07, 6.45) is 0. The molecule has 0 amide bonds. The topological polar surface area (TPSA) is 18.5 Å². The van der Waals surface area contributed by atoms with Gasteiger partial charge in [0.2, 0.25) is 0 Å². The van der Waals surface area contributed by atoms with Crippen LogP contribution in [0.1, 0.15) is 5.56 Å². The highest BCUT2D eigenvalue weighted by Crippen LogP contribution is 2.34. The maximum Gasteiger partial charge on any atom is 0.169 e. The van der Waals surface area contributed by atoms with E-state index in [1.54, 1.807) is 7.11 Å². The van der Waals surface area contributed by atoms with E-state index in [2.05, 4.69) is 31.2 Å². The summed E-state index contributed by atoms with van der Waals surface area (Å²) < 4.78 is 11.4. The lowest BCUT2D eigenvalue weighted by Gasteiger charge is -2.12. The van der Waals surface area contributed by atoms with E-state index in [-0.39, 0.29) is 0 Å². The standard InChI is InChI=1S/C18H16O2/c1-13-10-11-15-14(12-13)6-5-9-16(15)20-18-8-4-3-7-17(18)19-2/h3-12H,1-2H3. The molecule has 0 aliphatic heterocycles. The van der Waals surface area contributed by atoms with Crippen molar-refractivity contribution in [2.24, 2.45) is 0 Å². The monoisotopic (exact) mass is 264 g/mol. The first-order chi connectivity index (χ1) is 9.78. The molecule has 0 aromatic heterocycles. The van der Waals surface area contributed by atoms with Gasteiger partial charge in [-0.2, -0.15) is 0 Å². The van der Waals surface area contributed by atoms with E-state index >= 15 is 0 Å². The third-order valence-electron chi connectivity index (χ3n) is 3.28. The van der Waals surface area contributed by atoms with Gasteiger partial charge in [-0.3, -0.25) is 0 Å². The van der Waals surface area contributed by atoms with Gasteiger partial charge in [-0.15, -0.1) is 0 Å². The zero-order valence-electron chi connectivity index (χ0n) is 11.6. The predicted molar refractivity (Wildman–Crippen MR) is 81.8 cm³/mol. The fourth-order valence-electron chi connectivity index (χ4n) is 2.28. The Kier molecular flexibility index (Phi) is 3.30. The molecule has 0 bridgehead atoms. The zero-order chi connectivity index (χ0) is 13.9. The molecule has 0 fully saturated rings. The van der Waals surface area contributed by atoms with E-state index in [0.717, 1.165) is 22.6 Å². The average Bonchev–Trinajstić information content (AvgIpc) is 2.47. The molecule has 0 radical (unpaired) electrons. The number of rotatable bonds is 3. The summed E-state index contributed by atoms with van der Waals surface area (Å²) in [5, 5.41) is 2.28. The van der Waals surface area contributed by atoms with Crippen molar-refractivity contribution in [2.45, 2.75) is 6.92 Å². The molecule has 20 heavy (non-hydrogen) atoms. The van der Waals surface area contributed by atoms with Crippen molar-refractivity contribution < 1.29 is 9.47 Å². The Balaban J connectivity index is 2.07. The number of ether oxygens (including phenoxy) is 2. The highest BCUT2D eigenvalue weighted by Gasteiger charge is 2.07. The Morgan fingerprint density at radius 1 is 0.750 bits per heavy atom. The van der Waals surface area contributed by atoms with Gasteiger partial charge < -0.3 is 9.47 Å². The molecule has 0 saturated carbocycles. The van der Waals surface area contributed by atoms with Gasteiger partial charge in [-0.05, 0) is 30.5 Å². The van der Waals surface area contributed by atoms with Crippen LogP contribution in [0.3, 0.4) is 0 Å². The molecule has 0 aliphatic rings. The number of benzene rings is 3. The van der Waals surface area contributed by atoms with Crippen molar-refractivity contribution in [3.05, 3.63) is 66.2 Å².